The van der Waals surface area contributed by atoms with Gasteiger partial charge in [0.05, 0.1) is 6.26 Å². The van der Waals surface area contributed by atoms with Crippen molar-refractivity contribution in [2.24, 2.45) is 5.92 Å². The number of aryl methyl sites for hydroxylation is 1. The van der Waals surface area contributed by atoms with Crippen molar-refractivity contribution in [3.63, 3.8) is 0 Å². The van der Waals surface area contributed by atoms with Crippen molar-refractivity contribution < 1.29 is 4.42 Å². The van der Waals surface area contributed by atoms with E-state index < -0.39 is 0 Å². The number of aromatic nitrogens is 3. The highest BCUT2D eigenvalue weighted by atomic mass is 16.3. The quantitative estimate of drug-likeness (QED) is 0.883. The first kappa shape index (κ1) is 14.1. The van der Waals surface area contributed by atoms with E-state index in [1.165, 1.54) is 12.8 Å². The maximum absolute atomic E-state index is 5.45. The third kappa shape index (κ3) is 3.10. The summed E-state index contributed by atoms with van der Waals surface area (Å²) in [4.78, 5) is 6.83. The number of nitrogens with zero attached hydrogens (tertiary/aromatic N) is 3. The molecule has 2 aromatic heterocycles. The van der Waals surface area contributed by atoms with E-state index in [0.29, 0.717) is 5.82 Å². The SMILES string of the molecule is CCNCC1CCN(c2n[nH]c(-c3occc3C)n2)CC1. The Labute approximate surface area is 124 Å². The predicted molar refractivity (Wildman–Crippen MR) is 82.3 cm³/mol. The molecule has 0 radical (unpaired) electrons. The Morgan fingerprint density at radius 1 is 1.43 bits per heavy atom. The first-order valence-corrected chi connectivity index (χ1v) is 7.70. The maximum Gasteiger partial charge on any atom is 0.245 e. The van der Waals surface area contributed by atoms with Crippen LogP contribution in [0.25, 0.3) is 11.6 Å². The van der Waals surface area contributed by atoms with E-state index in [9.17, 15) is 0 Å². The van der Waals surface area contributed by atoms with Gasteiger partial charge in [0.15, 0.2) is 11.6 Å². The number of rotatable bonds is 5. The van der Waals surface area contributed by atoms with Gasteiger partial charge in [-0.1, -0.05) is 6.92 Å². The van der Waals surface area contributed by atoms with Crippen LogP contribution in [-0.4, -0.2) is 41.4 Å². The Morgan fingerprint density at radius 2 is 2.24 bits per heavy atom. The van der Waals surface area contributed by atoms with Gasteiger partial charge in [-0.15, -0.1) is 5.10 Å². The lowest BCUT2D eigenvalue weighted by Crippen LogP contribution is -2.37. The van der Waals surface area contributed by atoms with E-state index in [0.717, 1.165) is 49.4 Å². The zero-order valence-corrected chi connectivity index (χ0v) is 12.7. The van der Waals surface area contributed by atoms with Crippen molar-refractivity contribution in [2.45, 2.75) is 26.7 Å². The first-order valence-electron chi connectivity index (χ1n) is 7.70. The van der Waals surface area contributed by atoms with Gasteiger partial charge >= 0.3 is 0 Å². The van der Waals surface area contributed by atoms with Crippen LogP contribution in [0.15, 0.2) is 16.7 Å². The summed E-state index contributed by atoms with van der Waals surface area (Å²) in [6, 6.07) is 1.93. The van der Waals surface area contributed by atoms with Crippen molar-refractivity contribution in [2.75, 3.05) is 31.1 Å². The summed E-state index contributed by atoms with van der Waals surface area (Å²) in [6.07, 6.45) is 4.06. The Balaban J connectivity index is 1.62. The van der Waals surface area contributed by atoms with Crippen LogP contribution in [0, 0.1) is 12.8 Å². The van der Waals surface area contributed by atoms with Crippen molar-refractivity contribution >= 4 is 5.95 Å². The van der Waals surface area contributed by atoms with Crippen LogP contribution >= 0.6 is 0 Å². The number of aromatic amines is 1. The van der Waals surface area contributed by atoms with E-state index in [2.05, 4.69) is 32.3 Å². The molecule has 0 aromatic carbocycles. The normalized spacial score (nSPS) is 16.6. The molecule has 6 heteroatoms. The third-order valence-electron chi connectivity index (χ3n) is 4.13. The van der Waals surface area contributed by atoms with Crippen molar-refractivity contribution in [3.05, 3.63) is 17.9 Å². The summed E-state index contributed by atoms with van der Waals surface area (Å²) >= 11 is 0. The highest BCUT2D eigenvalue weighted by Gasteiger charge is 2.22. The van der Waals surface area contributed by atoms with Gasteiger partial charge in [0, 0.05) is 13.1 Å². The average Bonchev–Trinajstić information content (AvgIpc) is 3.14. The molecule has 0 spiro atoms. The molecule has 1 fully saturated rings. The fraction of sp³-hybridized carbons (Fsp3) is 0.600. The van der Waals surface area contributed by atoms with Crippen molar-refractivity contribution in [3.8, 4) is 11.6 Å². The molecule has 3 heterocycles. The number of furan rings is 1. The van der Waals surface area contributed by atoms with Gasteiger partial charge in [0.2, 0.25) is 5.95 Å². The molecule has 0 amide bonds. The standard InChI is InChI=1S/C15H23N5O/c1-3-16-10-12-4-7-20(8-5-12)15-17-14(18-19-15)13-11(2)6-9-21-13/h6,9,12,16H,3-5,7-8,10H2,1-2H3,(H,17,18,19). The second-order valence-electron chi connectivity index (χ2n) is 5.65. The molecule has 0 saturated carbocycles. The second kappa shape index (κ2) is 6.30. The smallest absolute Gasteiger partial charge is 0.245 e. The topological polar surface area (TPSA) is 70.0 Å². The molecule has 0 atom stereocenters. The average molecular weight is 289 g/mol. The lowest BCUT2D eigenvalue weighted by atomic mass is 9.97. The molecule has 1 aliphatic heterocycles. The van der Waals surface area contributed by atoms with Gasteiger partial charge in [-0.3, -0.25) is 5.10 Å². The molecule has 21 heavy (non-hydrogen) atoms. The molecular weight excluding hydrogens is 266 g/mol. The molecule has 0 aliphatic carbocycles. The lowest BCUT2D eigenvalue weighted by molar-refractivity contribution is 0.384. The minimum absolute atomic E-state index is 0.710. The predicted octanol–water partition coefficient (Wildman–Crippen LogP) is 2.20. The van der Waals surface area contributed by atoms with Crippen molar-refractivity contribution in [1.29, 1.82) is 0 Å². The van der Waals surface area contributed by atoms with E-state index in [-0.39, 0.29) is 0 Å². The van der Waals surface area contributed by atoms with E-state index in [4.69, 9.17) is 4.42 Å². The number of H-pyrrole nitrogens is 1. The zero-order chi connectivity index (χ0) is 14.7. The number of hydrogen-bond acceptors (Lipinski definition) is 5. The van der Waals surface area contributed by atoms with Crippen molar-refractivity contribution in [1.82, 2.24) is 20.5 Å². The Bertz CT molecular complexity index is 568. The Hall–Kier alpha value is -1.82. The van der Waals surface area contributed by atoms with Crippen LogP contribution in [0.2, 0.25) is 0 Å². The molecule has 0 unspecified atom stereocenters. The fourth-order valence-electron chi connectivity index (χ4n) is 2.80. The Morgan fingerprint density at radius 3 is 2.90 bits per heavy atom. The summed E-state index contributed by atoms with van der Waals surface area (Å²) in [6.45, 7) is 8.37. The van der Waals surface area contributed by atoms with Gasteiger partial charge in [-0.2, -0.15) is 4.98 Å². The van der Waals surface area contributed by atoms with Gasteiger partial charge in [0.25, 0.3) is 0 Å². The minimum atomic E-state index is 0.710. The molecule has 0 bridgehead atoms. The van der Waals surface area contributed by atoms with Gasteiger partial charge < -0.3 is 14.6 Å². The Kier molecular flexibility index (Phi) is 4.24. The second-order valence-corrected chi connectivity index (χ2v) is 5.65. The first-order chi connectivity index (χ1) is 10.3. The third-order valence-corrected chi connectivity index (χ3v) is 4.13. The highest BCUT2D eigenvalue weighted by molar-refractivity contribution is 5.53. The van der Waals surface area contributed by atoms with E-state index in [1.807, 2.05) is 13.0 Å². The summed E-state index contributed by atoms with van der Waals surface area (Å²) < 4.78 is 5.45. The van der Waals surface area contributed by atoms with Crippen LogP contribution in [0.5, 0.6) is 0 Å². The number of nitrogens with one attached hydrogen (secondary N) is 2. The molecule has 6 nitrogen and oxygen atoms in total. The zero-order valence-electron chi connectivity index (χ0n) is 12.7. The summed E-state index contributed by atoms with van der Waals surface area (Å²) in [5, 5.41) is 10.8. The van der Waals surface area contributed by atoms with Crippen LogP contribution in [0.1, 0.15) is 25.3 Å². The van der Waals surface area contributed by atoms with Gasteiger partial charge in [-0.05, 0) is 50.4 Å². The summed E-state index contributed by atoms with van der Waals surface area (Å²) in [5.41, 5.74) is 1.07. The van der Waals surface area contributed by atoms with Crippen LogP contribution in [-0.2, 0) is 0 Å². The summed E-state index contributed by atoms with van der Waals surface area (Å²) in [5.74, 6) is 3.03. The molecule has 1 aliphatic rings. The molecule has 3 rings (SSSR count). The number of anilines is 1. The van der Waals surface area contributed by atoms with E-state index >= 15 is 0 Å². The summed E-state index contributed by atoms with van der Waals surface area (Å²) in [7, 11) is 0. The number of hydrogen-bond donors (Lipinski definition) is 2. The van der Waals surface area contributed by atoms with E-state index in [1.54, 1.807) is 6.26 Å². The lowest BCUT2D eigenvalue weighted by Gasteiger charge is -2.31. The largest absolute Gasteiger partial charge is 0.461 e. The van der Waals surface area contributed by atoms with Gasteiger partial charge in [0.1, 0.15) is 0 Å². The maximum atomic E-state index is 5.45. The molecular formula is C15H23N5O. The molecule has 2 N–H and O–H groups in total. The van der Waals surface area contributed by atoms with Crippen LogP contribution in [0.3, 0.4) is 0 Å². The highest BCUT2D eigenvalue weighted by Crippen LogP contribution is 2.24. The van der Waals surface area contributed by atoms with Gasteiger partial charge in [-0.25, -0.2) is 0 Å². The molecule has 114 valence electrons. The molecule has 1 saturated heterocycles. The van der Waals surface area contributed by atoms with Crippen LogP contribution in [0.4, 0.5) is 5.95 Å². The number of piperidine rings is 1. The molecule has 2 aromatic rings. The fourth-order valence-corrected chi connectivity index (χ4v) is 2.80. The van der Waals surface area contributed by atoms with Crippen LogP contribution < -0.4 is 10.2 Å². The minimum Gasteiger partial charge on any atom is -0.461 e. The monoisotopic (exact) mass is 289 g/mol.